The molecule has 0 unspecified atom stereocenters. The molecule has 0 amide bonds. The summed E-state index contributed by atoms with van der Waals surface area (Å²) in [6.07, 6.45) is 3.65. The molecular formula is C20H28NO2+. The van der Waals surface area contributed by atoms with Crippen LogP contribution in [0.2, 0.25) is 0 Å². The van der Waals surface area contributed by atoms with Gasteiger partial charge in [0.05, 0.1) is 19.7 Å². The molecule has 124 valence electrons. The molecule has 0 aliphatic carbocycles. The van der Waals surface area contributed by atoms with Crippen LogP contribution in [-0.2, 0) is 6.61 Å². The normalized spacial score (nSPS) is 10.5. The highest BCUT2D eigenvalue weighted by Gasteiger charge is 1.98. The van der Waals surface area contributed by atoms with Crippen LogP contribution in [0.5, 0.6) is 11.5 Å². The van der Waals surface area contributed by atoms with E-state index < -0.39 is 0 Å². The number of benzene rings is 2. The second-order valence-electron chi connectivity index (χ2n) is 5.67. The van der Waals surface area contributed by atoms with Gasteiger partial charge in [-0.1, -0.05) is 43.7 Å². The van der Waals surface area contributed by atoms with Crippen molar-refractivity contribution in [3.63, 3.8) is 0 Å². The van der Waals surface area contributed by atoms with Crippen LogP contribution in [0.25, 0.3) is 0 Å². The number of hydrogen-bond acceptors (Lipinski definition) is 2. The van der Waals surface area contributed by atoms with Gasteiger partial charge in [-0.05, 0) is 36.2 Å². The summed E-state index contributed by atoms with van der Waals surface area (Å²) >= 11 is 0. The van der Waals surface area contributed by atoms with Gasteiger partial charge < -0.3 is 14.8 Å². The Hall–Kier alpha value is -2.00. The third-order valence-corrected chi connectivity index (χ3v) is 3.66. The maximum absolute atomic E-state index is 5.77. The first-order chi connectivity index (χ1) is 11.4. The number of rotatable bonds is 11. The largest absolute Gasteiger partial charge is 0.493 e. The predicted octanol–water partition coefficient (Wildman–Crippen LogP) is 3.40. The average Bonchev–Trinajstić information content (AvgIpc) is 2.61. The van der Waals surface area contributed by atoms with Gasteiger partial charge in [-0.15, -0.1) is 0 Å². The summed E-state index contributed by atoms with van der Waals surface area (Å²) in [5.41, 5.74) is 1.17. The quantitative estimate of drug-likeness (QED) is 0.645. The van der Waals surface area contributed by atoms with E-state index >= 15 is 0 Å². The van der Waals surface area contributed by atoms with Crippen molar-refractivity contribution in [3.05, 3.63) is 60.2 Å². The van der Waals surface area contributed by atoms with E-state index in [9.17, 15) is 0 Å². The third-order valence-electron chi connectivity index (χ3n) is 3.66. The molecule has 0 aromatic heterocycles. The molecule has 3 heteroatoms. The molecule has 0 saturated carbocycles. The molecule has 23 heavy (non-hydrogen) atoms. The Morgan fingerprint density at radius 2 is 1.43 bits per heavy atom. The zero-order chi connectivity index (χ0) is 16.2. The molecule has 0 atom stereocenters. The fourth-order valence-corrected chi connectivity index (χ4v) is 2.28. The Morgan fingerprint density at radius 1 is 0.783 bits per heavy atom. The van der Waals surface area contributed by atoms with E-state index in [0.717, 1.165) is 31.1 Å². The van der Waals surface area contributed by atoms with E-state index in [1.165, 1.54) is 24.9 Å². The summed E-state index contributed by atoms with van der Waals surface area (Å²) in [5, 5.41) is 2.37. The highest BCUT2D eigenvalue weighted by molar-refractivity contribution is 5.31. The van der Waals surface area contributed by atoms with Crippen molar-refractivity contribution in [1.82, 2.24) is 0 Å². The number of quaternary nitrogens is 1. The van der Waals surface area contributed by atoms with Gasteiger partial charge in [-0.2, -0.15) is 0 Å². The van der Waals surface area contributed by atoms with Crippen LogP contribution in [0, 0.1) is 0 Å². The minimum absolute atomic E-state index is 0.592. The maximum Gasteiger partial charge on any atom is 0.120 e. The number of nitrogens with two attached hydrogens (primary N) is 1. The molecular weight excluding hydrogens is 286 g/mol. The van der Waals surface area contributed by atoms with Crippen LogP contribution in [0.1, 0.15) is 31.7 Å². The molecule has 0 radical (unpaired) electrons. The average molecular weight is 314 g/mol. The van der Waals surface area contributed by atoms with Gasteiger partial charge in [0.25, 0.3) is 0 Å². The highest BCUT2D eigenvalue weighted by atomic mass is 16.5. The lowest BCUT2D eigenvalue weighted by atomic mass is 10.2. The second-order valence-corrected chi connectivity index (χ2v) is 5.67. The van der Waals surface area contributed by atoms with Crippen molar-refractivity contribution in [2.24, 2.45) is 0 Å². The van der Waals surface area contributed by atoms with Crippen molar-refractivity contribution in [1.29, 1.82) is 0 Å². The van der Waals surface area contributed by atoms with Gasteiger partial charge in [0, 0.05) is 6.42 Å². The van der Waals surface area contributed by atoms with E-state index in [2.05, 4.69) is 24.4 Å². The minimum atomic E-state index is 0.592. The summed E-state index contributed by atoms with van der Waals surface area (Å²) in [6, 6.07) is 18.1. The van der Waals surface area contributed by atoms with Crippen LogP contribution in [0.15, 0.2) is 54.6 Å². The molecule has 0 aliphatic heterocycles. The van der Waals surface area contributed by atoms with Crippen LogP contribution < -0.4 is 14.8 Å². The number of ether oxygens (including phenoxy) is 2. The highest BCUT2D eigenvalue weighted by Crippen LogP contribution is 2.18. The molecule has 2 rings (SSSR count). The second kappa shape index (κ2) is 10.7. The van der Waals surface area contributed by atoms with Crippen LogP contribution in [-0.4, -0.2) is 19.7 Å². The Morgan fingerprint density at radius 3 is 2.13 bits per heavy atom. The molecule has 0 fully saturated rings. The molecule has 0 heterocycles. The molecule has 2 N–H and O–H groups in total. The monoisotopic (exact) mass is 314 g/mol. The smallest absolute Gasteiger partial charge is 0.120 e. The van der Waals surface area contributed by atoms with Gasteiger partial charge in [-0.3, -0.25) is 0 Å². The molecule has 3 nitrogen and oxygen atoms in total. The van der Waals surface area contributed by atoms with Gasteiger partial charge in [0.1, 0.15) is 18.1 Å². The van der Waals surface area contributed by atoms with Crippen molar-refractivity contribution in [2.45, 2.75) is 32.8 Å². The summed E-state index contributed by atoms with van der Waals surface area (Å²) in [4.78, 5) is 0. The first-order valence-electron chi connectivity index (χ1n) is 8.59. The Bertz CT molecular complexity index is 525. The lowest BCUT2D eigenvalue weighted by Crippen LogP contribution is -2.84. The SMILES string of the molecule is CCCC[NH2+]CCCOc1ccc(OCc2ccccc2)cc1. The van der Waals surface area contributed by atoms with Crippen molar-refractivity contribution < 1.29 is 14.8 Å². The lowest BCUT2D eigenvalue weighted by molar-refractivity contribution is -0.655. The molecule has 0 aliphatic rings. The van der Waals surface area contributed by atoms with E-state index in [-0.39, 0.29) is 0 Å². The van der Waals surface area contributed by atoms with Crippen molar-refractivity contribution >= 4 is 0 Å². The summed E-state index contributed by atoms with van der Waals surface area (Å²) in [5.74, 6) is 1.78. The Labute approximate surface area is 139 Å². The predicted molar refractivity (Wildman–Crippen MR) is 93.9 cm³/mol. The Kier molecular flexibility index (Phi) is 8.06. The van der Waals surface area contributed by atoms with Gasteiger partial charge in [0.15, 0.2) is 0 Å². The van der Waals surface area contributed by atoms with Gasteiger partial charge in [-0.25, -0.2) is 0 Å². The maximum atomic E-state index is 5.77. The standard InChI is InChI=1S/C20H27NO2/c1-2-3-14-21-15-7-16-22-19-10-12-20(13-11-19)23-17-18-8-5-4-6-9-18/h4-6,8-13,21H,2-3,7,14-17H2,1H3/p+1. The molecule has 0 saturated heterocycles. The van der Waals surface area contributed by atoms with Gasteiger partial charge in [0.2, 0.25) is 0 Å². The summed E-state index contributed by atoms with van der Waals surface area (Å²) < 4.78 is 11.5. The summed E-state index contributed by atoms with van der Waals surface area (Å²) in [7, 11) is 0. The third kappa shape index (κ3) is 7.20. The lowest BCUT2D eigenvalue weighted by Gasteiger charge is -2.09. The van der Waals surface area contributed by atoms with Crippen LogP contribution >= 0.6 is 0 Å². The number of hydrogen-bond donors (Lipinski definition) is 1. The zero-order valence-electron chi connectivity index (χ0n) is 14.0. The molecule has 0 bridgehead atoms. The Balaban J connectivity index is 1.62. The molecule has 2 aromatic rings. The van der Waals surface area contributed by atoms with E-state index in [1.807, 2.05) is 42.5 Å². The first-order valence-corrected chi connectivity index (χ1v) is 8.59. The van der Waals surface area contributed by atoms with E-state index in [0.29, 0.717) is 6.61 Å². The fourth-order valence-electron chi connectivity index (χ4n) is 2.28. The first kappa shape index (κ1) is 17.4. The minimum Gasteiger partial charge on any atom is -0.493 e. The van der Waals surface area contributed by atoms with Crippen LogP contribution in [0.4, 0.5) is 0 Å². The van der Waals surface area contributed by atoms with Crippen LogP contribution in [0.3, 0.4) is 0 Å². The zero-order valence-corrected chi connectivity index (χ0v) is 14.0. The van der Waals surface area contributed by atoms with Crippen molar-refractivity contribution in [2.75, 3.05) is 19.7 Å². The van der Waals surface area contributed by atoms with Gasteiger partial charge >= 0.3 is 0 Å². The molecule has 0 spiro atoms. The molecule has 2 aromatic carbocycles. The topological polar surface area (TPSA) is 35.1 Å². The van der Waals surface area contributed by atoms with E-state index in [1.54, 1.807) is 0 Å². The fraction of sp³-hybridized carbons (Fsp3) is 0.400. The number of unbranched alkanes of at least 4 members (excludes halogenated alkanes) is 1. The van der Waals surface area contributed by atoms with E-state index in [4.69, 9.17) is 9.47 Å². The summed E-state index contributed by atoms with van der Waals surface area (Å²) in [6.45, 7) is 5.95. The van der Waals surface area contributed by atoms with Crippen molar-refractivity contribution in [3.8, 4) is 11.5 Å².